The smallest absolute Gasteiger partial charge is 0.306 e. The monoisotopic (exact) mass is 508 g/mol. The average Bonchev–Trinajstić information content (AvgIpc) is 3.33. The number of carbonyl (C=O) groups is 3. The van der Waals surface area contributed by atoms with E-state index in [1.165, 1.54) is 83.5 Å². The zero-order chi connectivity index (χ0) is 26.3. The molecule has 1 atom stereocenters. The molecule has 1 aliphatic rings. The van der Waals surface area contributed by atoms with Crippen molar-refractivity contribution in [2.75, 3.05) is 19.6 Å². The highest BCUT2D eigenvalue weighted by Gasteiger charge is 2.28. The number of nitrogens with zero attached hydrogens (tertiary/aromatic N) is 1. The third-order valence-corrected chi connectivity index (χ3v) is 7.20. The van der Waals surface area contributed by atoms with E-state index in [1.54, 1.807) is 0 Å². The first kappa shape index (κ1) is 32.4. The normalized spacial score (nSPS) is 15.3. The lowest BCUT2D eigenvalue weighted by Gasteiger charge is -2.16. The summed E-state index contributed by atoms with van der Waals surface area (Å²) in [5.41, 5.74) is 0. The fourth-order valence-corrected chi connectivity index (χ4v) is 4.81. The number of hydrogen-bond acceptors (Lipinski definition) is 4. The Labute approximate surface area is 221 Å². The first-order valence-electron chi connectivity index (χ1n) is 15.3. The minimum absolute atomic E-state index is 0.0987. The van der Waals surface area contributed by atoms with Crippen LogP contribution in [0.5, 0.6) is 0 Å². The first-order valence-corrected chi connectivity index (χ1v) is 15.3. The van der Waals surface area contributed by atoms with Crippen LogP contribution in [0, 0.1) is 0 Å². The molecule has 1 unspecified atom stereocenters. The molecule has 6 heteroatoms. The molecule has 0 aromatic rings. The molecule has 1 heterocycles. The lowest BCUT2D eigenvalue weighted by molar-refractivity contribution is -0.150. The van der Waals surface area contributed by atoms with Gasteiger partial charge >= 0.3 is 5.97 Å². The maximum Gasteiger partial charge on any atom is 0.306 e. The number of esters is 1. The van der Waals surface area contributed by atoms with E-state index in [1.807, 2.05) is 4.90 Å². The van der Waals surface area contributed by atoms with Crippen molar-refractivity contribution in [1.82, 2.24) is 10.2 Å². The topological polar surface area (TPSA) is 75.7 Å². The molecule has 0 radical (unpaired) electrons. The molecule has 1 N–H and O–H groups in total. The van der Waals surface area contributed by atoms with Gasteiger partial charge < -0.3 is 15.0 Å². The summed E-state index contributed by atoms with van der Waals surface area (Å²) in [5.74, 6) is -0.270. The van der Waals surface area contributed by atoms with Crippen molar-refractivity contribution in [2.24, 2.45) is 0 Å². The highest BCUT2D eigenvalue weighted by atomic mass is 16.5. The third kappa shape index (κ3) is 17.8. The summed E-state index contributed by atoms with van der Waals surface area (Å²) in [4.78, 5) is 38.1. The van der Waals surface area contributed by atoms with E-state index in [4.69, 9.17) is 4.74 Å². The Bertz CT molecular complexity index is 581. The second-order valence-corrected chi connectivity index (χ2v) is 10.6. The van der Waals surface area contributed by atoms with Crippen LogP contribution in [0.4, 0.5) is 0 Å². The van der Waals surface area contributed by atoms with Crippen molar-refractivity contribution >= 4 is 17.8 Å². The summed E-state index contributed by atoms with van der Waals surface area (Å²) in [6.45, 7) is 6.15. The number of rotatable bonds is 23. The van der Waals surface area contributed by atoms with E-state index in [0.717, 1.165) is 25.7 Å². The van der Waals surface area contributed by atoms with E-state index in [0.29, 0.717) is 32.5 Å². The molecule has 6 nitrogen and oxygen atoms in total. The first-order chi connectivity index (χ1) is 17.6. The fraction of sp³-hybridized carbons (Fsp3) is 0.900. The number of amides is 2. The Morgan fingerprint density at radius 1 is 0.694 bits per heavy atom. The molecule has 1 aliphatic heterocycles. The summed E-state index contributed by atoms with van der Waals surface area (Å²) in [5, 5.41) is 2.81. The van der Waals surface area contributed by atoms with Gasteiger partial charge in [-0.3, -0.25) is 14.4 Å². The molecule has 2 amide bonds. The maximum atomic E-state index is 12.5. The van der Waals surface area contributed by atoms with Gasteiger partial charge in [0.25, 0.3) is 0 Å². The second kappa shape index (κ2) is 22.6. The molecule has 1 rings (SSSR count). The predicted octanol–water partition coefficient (Wildman–Crippen LogP) is 7.09. The minimum atomic E-state index is -0.345. The summed E-state index contributed by atoms with van der Waals surface area (Å²) in [7, 11) is 0. The van der Waals surface area contributed by atoms with E-state index < -0.39 is 0 Å². The van der Waals surface area contributed by atoms with E-state index in [-0.39, 0.29) is 36.7 Å². The van der Waals surface area contributed by atoms with Crippen LogP contribution in [0.2, 0.25) is 0 Å². The Morgan fingerprint density at radius 3 is 1.78 bits per heavy atom. The van der Waals surface area contributed by atoms with Gasteiger partial charge in [0.1, 0.15) is 6.10 Å². The Kier molecular flexibility index (Phi) is 20.4. The number of hydrogen-bond donors (Lipinski definition) is 1. The van der Waals surface area contributed by atoms with Crippen LogP contribution in [0.1, 0.15) is 149 Å². The van der Waals surface area contributed by atoms with Gasteiger partial charge in [-0.1, -0.05) is 110 Å². The van der Waals surface area contributed by atoms with E-state index in [9.17, 15) is 14.4 Å². The molecular formula is C30H56N2O4. The standard InChI is InChI=1S/C30H56N2O4/c1-3-5-7-8-9-10-11-12-13-14-15-16-17-18-19-20-29(34)32-25-23-27(26-32)36-30(35)22-21-28(33)31-24-6-4-2/h27H,3-26H2,1-2H3,(H,31,33). The molecule has 0 saturated carbocycles. The molecule has 0 bridgehead atoms. The molecule has 1 saturated heterocycles. The van der Waals surface area contributed by atoms with Crippen molar-refractivity contribution < 1.29 is 19.1 Å². The highest BCUT2D eigenvalue weighted by molar-refractivity contribution is 5.81. The number of ether oxygens (including phenoxy) is 1. The van der Waals surface area contributed by atoms with Crippen molar-refractivity contribution in [3.8, 4) is 0 Å². The lowest BCUT2D eigenvalue weighted by Crippen LogP contribution is -2.31. The van der Waals surface area contributed by atoms with Crippen molar-refractivity contribution in [3.05, 3.63) is 0 Å². The van der Waals surface area contributed by atoms with Gasteiger partial charge in [-0.05, 0) is 12.8 Å². The van der Waals surface area contributed by atoms with E-state index in [2.05, 4.69) is 19.2 Å². The molecule has 0 aromatic carbocycles. The molecule has 0 spiro atoms. The Morgan fingerprint density at radius 2 is 1.22 bits per heavy atom. The van der Waals surface area contributed by atoms with Gasteiger partial charge in [0.05, 0.1) is 13.0 Å². The summed E-state index contributed by atoms with van der Waals surface area (Å²) < 4.78 is 5.49. The van der Waals surface area contributed by atoms with Crippen LogP contribution in [0.15, 0.2) is 0 Å². The lowest BCUT2D eigenvalue weighted by atomic mass is 10.0. The van der Waals surface area contributed by atoms with Crippen molar-refractivity contribution in [3.63, 3.8) is 0 Å². The summed E-state index contributed by atoms with van der Waals surface area (Å²) >= 11 is 0. The van der Waals surface area contributed by atoms with Crippen LogP contribution in [-0.4, -0.2) is 48.4 Å². The summed E-state index contributed by atoms with van der Waals surface area (Å²) in [6, 6.07) is 0. The highest BCUT2D eigenvalue weighted by Crippen LogP contribution is 2.17. The van der Waals surface area contributed by atoms with Gasteiger partial charge in [0.15, 0.2) is 0 Å². The van der Waals surface area contributed by atoms with Crippen LogP contribution in [0.3, 0.4) is 0 Å². The third-order valence-electron chi connectivity index (χ3n) is 7.20. The molecule has 36 heavy (non-hydrogen) atoms. The molecule has 0 aromatic heterocycles. The number of likely N-dealkylation sites (tertiary alicyclic amines) is 1. The van der Waals surface area contributed by atoms with Crippen molar-refractivity contribution in [1.29, 1.82) is 0 Å². The number of carbonyl (C=O) groups excluding carboxylic acids is 3. The van der Waals surface area contributed by atoms with Gasteiger partial charge in [-0.2, -0.15) is 0 Å². The average molecular weight is 509 g/mol. The van der Waals surface area contributed by atoms with Gasteiger partial charge in [-0.15, -0.1) is 0 Å². The quantitative estimate of drug-likeness (QED) is 0.118. The van der Waals surface area contributed by atoms with Gasteiger partial charge in [0, 0.05) is 32.4 Å². The van der Waals surface area contributed by atoms with Crippen LogP contribution >= 0.6 is 0 Å². The molecular weight excluding hydrogens is 452 g/mol. The zero-order valence-corrected chi connectivity index (χ0v) is 23.6. The van der Waals surface area contributed by atoms with Gasteiger partial charge in [0.2, 0.25) is 11.8 Å². The van der Waals surface area contributed by atoms with E-state index >= 15 is 0 Å². The van der Waals surface area contributed by atoms with Gasteiger partial charge in [-0.25, -0.2) is 0 Å². The Balaban J connectivity index is 1.94. The predicted molar refractivity (Wildman–Crippen MR) is 148 cm³/mol. The minimum Gasteiger partial charge on any atom is -0.460 e. The zero-order valence-electron chi connectivity index (χ0n) is 23.6. The number of unbranched alkanes of at least 4 members (excludes halogenated alkanes) is 15. The van der Waals surface area contributed by atoms with Crippen LogP contribution < -0.4 is 5.32 Å². The second-order valence-electron chi connectivity index (χ2n) is 10.6. The summed E-state index contributed by atoms with van der Waals surface area (Å²) in [6.07, 6.45) is 23.1. The largest absolute Gasteiger partial charge is 0.460 e. The molecule has 210 valence electrons. The van der Waals surface area contributed by atoms with Crippen molar-refractivity contribution in [2.45, 2.75) is 155 Å². The molecule has 0 aliphatic carbocycles. The molecule has 1 fully saturated rings. The SMILES string of the molecule is CCCCCCCCCCCCCCCCCC(=O)N1CCC(OC(=O)CCC(=O)NCCCC)C1. The Hall–Kier alpha value is -1.59. The maximum absolute atomic E-state index is 12.5. The van der Waals surface area contributed by atoms with Crippen LogP contribution in [-0.2, 0) is 19.1 Å². The number of nitrogens with one attached hydrogen (secondary N) is 1. The van der Waals surface area contributed by atoms with Crippen LogP contribution in [0.25, 0.3) is 0 Å². The fourth-order valence-electron chi connectivity index (χ4n) is 4.81.